The van der Waals surface area contributed by atoms with Gasteiger partial charge in [-0.25, -0.2) is 18.1 Å². The highest BCUT2D eigenvalue weighted by molar-refractivity contribution is 8.76. The number of phosphoric acid groups is 3. The number of rotatable bonds is 36. The van der Waals surface area contributed by atoms with Crippen molar-refractivity contribution in [3.8, 4) is 11.8 Å². The number of fused-ring (bicyclic) bond motifs is 3. The smallest absolute Gasteiger partial charge is 0.370 e. The Hall–Kier alpha value is -5.59. The zero-order chi connectivity index (χ0) is 68.7. The van der Waals surface area contributed by atoms with Crippen molar-refractivity contribution in [2.75, 3.05) is 60.1 Å². The van der Waals surface area contributed by atoms with Gasteiger partial charge in [-0.2, -0.15) is 13.6 Å². The van der Waals surface area contributed by atoms with Crippen LogP contribution >= 0.6 is 45.1 Å². The Bertz CT molecular complexity index is 3770. The molecule has 0 aliphatic carbocycles. The predicted molar refractivity (Wildman–Crippen MR) is 362 cm³/mol. The minimum absolute atomic E-state index is 0.0150. The van der Waals surface area contributed by atoms with Crippen LogP contribution in [0, 0.1) is 25.7 Å². The minimum atomic E-state index is -5.90. The fourth-order valence-corrected chi connectivity index (χ4v) is 16.8. The van der Waals surface area contributed by atoms with Crippen molar-refractivity contribution in [3.63, 3.8) is 0 Å². The lowest BCUT2D eigenvalue weighted by Crippen LogP contribution is -2.40. The van der Waals surface area contributed by atoms with Gasteiger partial charge in [-0.05, 0) is 99.3 Å². The summed E-state index contributed by atoms with van der Waals surface area (Å²) in [6.45, 7) is 17.7. The number of alkyl halides is 1. The SMILES string of the molecule is CCCN1\C(=C/C=C/C=C/C2N(CCC)c3ccc(C)cc3C2(C)C)C(C)(CCCCCC(=O)CCCSSCOCCCC(=O)NCC#Cc2cn([C@H]3C[C@@H](O[C@](C)(F)N=[N+]=[N-])[C@@H](COP(=O)(O)OP(=O)(O)OP(=O)(O)O)O3)c3nc(N)[nH]c(=O)c23)c2cc(C)ccc21. The van der Waals surface area contributed by atoms with Gasteiger partial charge in [0.1, 0.15) is 24.1 Å². The second kappa shape index (κ2) is 33.6. The third kappa shape index (κ3) is 20.7. The standard InChI is InChI=1S/C62H86FN10O16P3S2/c1-9-32-71-48-28-26-42(3)36-46(48)60(5,6)52(71)23-14-11-15-24-53-61(7,47-37-43(4)27-29-49(47)72(53)33-10-2)30-16-12-13-21-45(74)22-19-35-93-94-41-84-34-18-25-54(75)66-31-17-20-44-39-73(57-56(44)58(76)68-59(64)67-57)55-38-50(87-62(8,63)69-70-65)51(86-55)40-85-91(80,81)89-92(82,83)88-90(77,78)79/h11,14-15,23-24,26-29,36-37,39,50-52,55H,9-10,12-13,16,18-19,21-22,25,30-35,38,40-41H2,1-8H3,(H,66,75)(H,80,81)(H,82,83)(H2,77,78,79)(H3,64,67,68,76)/b15-11+,23-14+,53-24-/t50-,51-,52?,55-,61?,62-/m1/s1. The Labute approximate surface area is 554 Å². The topological polar surface area (TPSA) is 366 Å². The molecule has 1 saturated heterocycles. The van der Waals surface area contributed by atoms with Crippen molar-refractivity contribution in [3.05, 3.63) is 127 Å². The van der Waals surface area contributed by atoms with Crippen LogP contribution in [0.2, 0.25) is 0 Å². The fourth-order valence-electron chi connectivity index (χ4n) is 12.0. The number of carbonyl (C=O) groups is 2. The molecule has 94 heavy (non-hydrogen) atoms. The largest absolute Gasteiger partial charge is 0.490 e. The van der Waals surface area contributed by atoms with Crippen molar-refractivity contribution in [2.45, 2.75) is 174 Å². The van der Waals surface area contributed by atoms with Gasteiger partial charge in [0.15, 0.2) is 5.65 Å². The molecule has 0 saturated carbocycles. The van der Waals surface area contributed by atoms with E-state index in [0.29, 0.717) is 31.8 Å². The average molecular weight is 1400 g/mol. The van der Waals surface area contributed by atoms with Crippen molar-refractivity contribution < 1.29 is 74.6 Å². The molecule has 2 aromatic carbocycles. The van der Waals surface area contributed by atoms with Gasteiger partial charge >= 0.3 is 23.5 Å². The van der Waals surface area contributed by atoms with Crippen LogP contribution in [0.4, 0.5) is 21.7 Å². The van der Waals surface area contributed by atoms with Gasteiger partial charge in [-0.3, -0.25) is 23.9 Å². The third-order valence-corrected chi connectivity index (χ3v) is 22.2. The molecule has 1 amide bonds. The number of ketones is 1. The number of aromatic amines is 1. The Balaban J connectivity index is 0.804. The number of nitrogens with zero attached hydrogens (tertiary/aromatic N) is 7. The summed E-state index contributed by atoms with van der Waals surface area (Å²) in [7, 11) is -14.1. The Morgan fingerprint density at radius 3 is 2.38 bits per heavy atom. The predicted octanol–water partition coefficient (Wildman–Crippen LogP) is 12.6. The third-order valence-electron chi connectivity index (χ3n) is 16.2. The number of nitrogen functional groups attached to an aromatic ring is 1. The molecular formula is C62H86FN10O16P3S2. The van der Waals surface area contributed by atoms with Gasteiger partial charge in [0.25, 0.3) is 11.5 Å². The second-order valence-electron chi connectivity index (χ2n) is 24.1. The number of amides is 1. The number of azide groups is 1. The van der Waals surface area contributed by atoms with E-state index in [2.05, 4.69) is 171 Å². The molecule has 3 aliphatic heterocycles. The van der Waals surface area contributed by atoms with E-state index in [9.17, 15) is 37.9 Å². The maximum absolute atomic E-state index is 15.1. The average Bonchev–Trinajstić information content (AvgIpc) is 1.61. The molecule has 1 fully saturated rings. The number of H-pyrrole nitrogens is 1. The number of aryl methyl sites for hydroxylation is 2. The monoisotopic (exact) mass is 1400 g/mol. The van der Waals surface area contributed by atoms with E-state index in [1.807, 2.05) is 0 Å². The van der Waals surface area contributed by atoms with Gasteiger partial charge in [0.2, 0.25) is 11.9 Å². The van der Waals surface area contributed by atoms with Gasteiger partial charge in [-0.15, -0.1) is 0 Å². The normalized spacial score (nSPS) is 21.6. The summed E-state index contributed by atoms with van der Waals surface area (Å²) < 4.78 is 80.9. The van der Waals surface area contributed by atoms with Crippen molar-refractivity contribution in [1.29, 1.82) is 0 Å². The van der Waals surface area contributed by atoms with Crippen LogP contribution in [0.3, 0.4) is 0 Å². The number of benzene rings is 2. The molecule has 0 spiro atoms. The number of carbonyl (C=O) groups excluding carboxylic acids is 2. The first-order valence-corrected chi connectivity index (χ1v) is 38.1. The molecule has 3 aliphatic rings. The summed E-state index contributed by atoms with van der Waals surface area (Å²) in [5.74, 6) is 3.38. The van der Waals surface area contributed by atoms with E-state index in [0.717, 1.165) is 70.7 Å². The molecule has 514 valence electrons. The van der Waals surface area contributed by atoms with E-state index in [1.165, 1.54) is 50.1 Å². The van der Waals surface area contributed by atoms with E-state index in [1.54, 1.807) is 21.6 Å². The fraction of sp³-hybridized carbons (Fsp3) is 0.548. The molecule has 0 bridgehead atoms. The second-order valence-corrected chi connectivity index (χ2v) is 31.1. The first-order valence-electron chi connectivity index (χ1n) is 31.1. The van der Waals surface area contributed by atoms with Crippen LogP contribution in [0.25, 0.3) is 21.5 Å². The minimum Gasteiger partial charge on any atom is -0.370 e. The van der Waals surface area contributed by atoms with Crippen molar-refractivity contribution in [2.24, 2.45) is 5.11 Å². The number of ether oxygens (including phenoxy) is 3. The Kier molecular flexibility index (Phi) is 27.1. The molecule has 7 rings (SSSR count). The van der Waals surface area contributed by atoms with Gasteiger partial charge in [0, 0.05) is 97.1 Å². The number of hydrogen-bond donors (Lipinski definition) is 7. The molecule has 0 radical (unpaired) electrons. The first-order chi connectivity index (χ1) is 44.4. The zero-order valence-corrected chi connectivity index (χ0v) is 58.4. The van der Waals surface area contributed by atoms with Crippen LogP contribution < -0.4 is 26.4 Å². The number of nitrogens with two attached hydrogens (primary N) is 1. The summed E-state index contributed by atoms with van der Waals surface area (Å²) in [5, 5.41) is 5.52. The molecule has 4 aromatic rings. The molecule has 5 heterocycles. The van der Waals surface area contributed by atoms with Crippen LogP contribution in [0.15, 0.2) is 88.6 Å². The van der Waals surface area contributed by atoms with Crippen molar-refractivity contribution in [1.82, 2.24) is 19.9 Å². The molecule has 32 heteroatoms. The molecule has 26 nitrogen and oxygen atoms in total. The van der Waals surface area contributed by atoms with E-state index in [4.69, 9.17) is 39.8 Å². The number of aromatic nitrogens is 3. The molecule has 4 unspecified atom stereocenters. The number of allylic oxidation sites excluding steroid dienone is 5. The number of nitrogens with one attached hydrogen (secondary N) is 2. The van der Waals surface area contributed by atoms with Crippen LogP contribution in [0.1, 0.15) is 153 Å². The molecular weight excluding hydrogens is 1320 g/mol. The zero-order valence-electron chi connectivity index (χ0n) is 54.1. The highest BCUT2D eigenvalue weighted by Crippen LogP contribution is 2.66. The summed E-state index contributed by atoms with van der Waals surface area (Å²) in [4.78, 5) is 90.2. The van der Waals surface area contributed by atoms with Crippen molar-refractivity contribution >= 4 is 85.1 Å². The highest BCUT2D eigenvalue weighted by atomic mass is 33.1. The molecule has 2 aromatic heterocycles. The quantitative estimate of drug-likeness (QED) is 0.00212. The number of Topliss-reactive ketones (excluding diaryl/α,β-unsaturated/α-hetero) is 1. The molecule has 8 atom stereocenters. The number of anilines is 3. The van der Waals surface area contributed by atoms with Gasteiger partial charge < -0.3 is 59.2 Å². The van der Waals surface area contributed by atoms with Gasteiger partial charge in [-0.1, -0.05) is 134 Å². The first kappa shape index (κ1) is 75.8. The van der Waals surface area contributed by atoms with Crippen LogP contribution in [-0.4, -0.2) is 115 Å². The van der Waals surface area contributed by atoms with Gasteiger partial charge in [0.05, 0.1) is 36.2 Å². The number of unbranched alkanes of at least 4 members (excludes halogenated alkanes) is 2. The number of halogens is 1. The lowest BCUT2D eigenvalue weighted by molar-refractivity contribution is -0.178. The highest BCUT2D eigenvalue weighted by Gasteiger charge is 2.47. The summed E-state index contributed by atoms with van der Waals surface area (Å²) in [6, 6.07) is 14.0. The summed E-state index contributed by atoms with van der Waals surface area (Å²) in [6.07, 6.45) is 16.3. The number of phosphoric ester groups is 1. The summed E-state index contributed by atoms with van der Waals surface area (Å²) in [5.41, 5.74) is 23.1. The molecule has 8 N–H and O–H groups in total. The summed E-state index contributed by atoms with van der Waals surface area (Å²) >= 11 is 0. The van der Waals surface area contributed by atoms with Crippen LogP contribution in [0.5, 0.6) is 0 Å². The maximum Gasteiger partial charge on any atom is 0.490 e. The Morgan fingerprint density at radius 1 is 0.957 bits per heavy atom. The lowest BCUT2D eigenvalue weighted by Gasteiger charge is -2.32. The van der Waals surface area contributed by atoms with E-state index >= 15 is 4.39 Å². The number of hydrogen-bond acceptors (Lipinski definition) is 19. The Morgan fingerprint density at radius 2 is 1.67 bits per heavy atom. The van der Waals surface area contributed by atoms with Crippen LogP contribution in [-0.2, 0) is 61.5 Å². The van der Waals surface area contributed by atoms with E-state index < -0.39 is 60.0 Å². The lowest BCUT2D eigenvalue weighted by atomic mass is 9.76. The maximum atomic E-state index is 15.1. The van der Waals surface area contributed by atoms with E-state index in [-0.39, 0.29) is 70.5 Å².